The Hall–Kier alpha value is -2.59. The summed E-state index contributed by atoms with van der Waals surface area (Å²) in [4.78, 5) is 8.50. The minimum absolute atomic E-state index is 0.496. The summed E-state index contributed by atoms with van der Waals surface area (Å²) in [7, 11) is 1.66. The van der Waals surface area contributed by atoms with Gasteiger partial charge in [0.05, 0.1) is 7.11 Å². The van der Waals surface area contributed by atoms with Crippen LogP contribution < -0.4 is 10.1 Å². The molecule has 0 radical (unpaired) electrons. The number of hydrogen-bond donors (Lipinski definition) is 1. The third-order valence-corrected chi connectivity index (χ3v) is 3.67. The second-order valence-electron chi connectivity index (χ2n) is 5.00. The molecule has 0 amide bonds. The Kier molecular flexibility index (Phi) is 4.74. The fourth-order valence-electron chi connectivity index (χ4n) is 2.16. The van der Waals surface area contributed by atoms with Gasteiger partial charge < -0.3 is 10.1 Å². The average molecular weight is 326 g/mol. The van der Waals surface area contributed by atoms with Gasteiger partial charge in [0, 0.05) is 24.5 Å². The smallest absolute Gasteiger partial charge is 0.129 e. The molecule has 23 heavy (non-hydrogen) atoms. The predicted molar refractivity (Wildman–Crippen MR) is 92.8 cm³/mol. The van der Waals surface area contributed by atoms with Crippen LogP contribution in [0.25, 0.3) is 11.1 Å². The molecule has 1 aromatic carbocycles. The third-order valence-electron chi connectivity index (χ3n) is 3.45. The molecular formula is C18H16ClN3O. The predicted octanol–water partition coefficient (Wildman–Crippen LogP) is 4.42. The highest BCUT2D eigenvalue weighted by molar-refractivity contribution is 6.29. The maximum Gasteiger partial charge on any atom is 0.129 e. The van der Waals surface area contributed by atoms with Crippen LogP contribution in [0.15, 0.2) is 60.9 Å². The van der Waals surface area contributed by atoms with E-state index in [2.05, 4.69) is 15.3 Å². The summed E-state index contributed by atoms with van der Waals surface area (Å²) in [5.74, 6) is 1.66. The highest BCUT2D eigenvalue weighted by Gasteiger charge is 2.01. The Morgan fingerprint density at radius 3 is 2.30 bits per heavy atom. The van der Waals surface area contributed by atoms with E-state index in [4.69, 9.17) is 16.3 Å². The van der Waals surface area contributed by atoms with Gasteiger partial charge in [0.1, 0.15) is 16.7 Å². The van der Waals surface area contributed by atoms with Crippen molar-refractivity contribution in [2.45, 2.75) is 6.54 Å². The van der Waals surface area contributed by atoms with Crippen LogP contribution in [0, 0.1) is 0 Å². The first-order chi connectivity index (χ1) is 11.2. The number of benzene rings is 1. The maximum absolute atomic E-state index is 5.77. The van der Waals surface area contributed by atoms with Crippen LogP contribution in [-0.4, -0.2) is 17.1 Å². The van der Waals surface area contributed by atoms with Crippen molar-refractivity contribution in [3.05, 3.63) is 71.6 Å². The number of anilines is 1. The number of aromatic nitrogens is 2. The van der Waals surface area contributed by atoms with Gasteiger partial charge in [-0.1, -0.05) is 29.8 Å². The lowest BCUT2D eigenvalue weighted by Crippen LogP contribution is -2.01. The summed E-state index contributed by atoms with van der Waals surface area (Å²) in [6.45, 7) is 0.652. The van der Waals surface area contributed by atoms with Gasteiger partial charge in [-0.15, -0.1) is 0 Å². The van der Waals surface area contributed by atoms with E-state index >= 15 is 0 Å². The van der Waals surface area contributed by atoms with E-state index in [0.29, 0.717) is 11.7 Å². The number of ether oxygens (including phenoxy) is 1. The number of pyridine rings is 2. The molecular weight excluding hydrogens is 310 g/mol. The van der Waals surface area contributed by atoms with Crippen LogP contribution in [0.1, 0.15) is 5.56 Å². The first kappa shape index (κ1) is 15.3. The van der Waals surface area contributed by atoms with Crippen LogP contribution in [0.3, 0.4) is 0 Å². The highest BCUT2D eigenvalue weighted by atomic mass is 35.5. The lowest BCUT2D eigenvalue weighted by molar-refractivity contribution is 0.415. The molecule has 4 nitrogen and oxygen atoms in total. The Balaban J connectivity index is 1.65. The summed E-state index contributed by atoms with van der Waals surface area (Å²) in [6.07, 6.45) is 3.60. The summed E-state index contributed by atoms with van der Waals surface area (Å²) < 4.78 is 5.17. The molecule has 3 rings (SSSR count). The molecule has 0 unspecified atom stereocenters. The van der Waals surface area contributed by atoms with E-state index in [1.54, 1.807) is 19.4 Å². The molecule has 3 aromatic rings. The number of nitrogens with zero attached hydrogens (tertiary/aromatic N) is 2. The van der Waals surface area contributed by atoms with Crippen molar-refractivity contribution in [1.29, 1.82) is 0 Å². The van der Waals surface area contributed by atoms with Gasteiger partial charge in [0.25, 0.3) is 0 Å². The first-order valence-electron chi connectivity index (χ1n) is 7.19. The maximum atomic E-state index is 5.77. The molecule has 0 aliphatic rings. The SMILES string of the molecule is COc1ccc(-c2ccc(NCc3ccc(Cl)nc3)nc2)cc1. The molecule has 1 N–H and O–H groups in total. The number of nitrogens with one attached hydrogen (secondary N) is 1. The topological polar surface area (TPSA) is 47.0 Å². The molecule has 0 atom stereocenters. The van der Waals surface area contributed by atoms with Crippen LogP contribution in [0.4, 0.5) is 5.82 Å². The molecule has 0 saturated carbocycles. The van der Waals surface area contributed by atoms with Crippen molar-refractivity contribution < 1.29 is 4.74 Å². The Bertz CT molecular complexity index is 756. The van der Waals surface area contributed by atoms with Gasteiger partial charge in [0.15, 0.2) is 0 Å². The zero-order valence-electron chi connectivity index (χ0n) is 12.7. The molecule has 0 aliphatic carbocycles. The van der Waals surface area contributed by atoms with Crippen molar-refractivity contribution in [2.24, 2.45) is 0 Å². The number of methoxy groups -OCH3 is 1. The number of halogens is 1. The van der Waals surface area contributed by atoms with Gasteiger partial charge in [-0.2, -0.15) is 0 Å². The van der Waals surface area contributed by atoms with Crippen molar-refractivity contribution in [3.63, 3.8) is 0 Å². The van der Waals surface area contributed by atoms with E-state index in [0.717, 1.165) is 28.3 Å². The second kappa shape index (κ2) is 7.11. The quantitative estimate of drug-likeness (QED) is 0.705. The number of rotatable bonds is 5. The summed E-state index contributed by atoms with van der Waals surface area (Å²) >= 11 is 5.77. The van der Waals surface area contributed by atoms with E-state index in [1.165, 1.54) is 0 Å². The fraction of sp³-hybridized carbons (Fsp3) is 0.111. The zero-order valence-corrected chi connectivity index (χ0v) is 13.4. The number of hydrogen-bond acceptors (Lipinski definition) is 4. The van der Waals surface area contributed by atoms with Crippen molar-refractivity contribution >= 4 is 17.4 Å². The van der Waals surface area contributed by atoms with Crippen LogP contribution in [-0.2, 0) is 6.54 Å². The fourth-order valence-corrected chi connectivity index (χ4v) is 2.27. The van der Waals surface area contributed by atoms with Crippen molar-refractivity contribution in [1.82, 2.24) is 9.97 Å². The molecule has 2 heterocycles. The van der Waals surface area contributed by atoms with Gasteiger partial charge in [0.2, 0.25) is 0 Å². The zero-order chi connectivity index (χ0) is 16.1. The lowest BCUT2D eigenvalue weighted by atomic mass is 10.1. The second-order valence-corrected chi connectivity index (χ2v) is 5.39. The monoisotopic (exact) mass is 325 g/mol. The van der Waals surface area contributed by atoms with Crippen LogP contribution in [0.2, 0.25) is 5.15 Å². The Morgan fingerprint density at radius 2 is 1.70 bits per heavy atom. The normalized spacial score (nSPS) is 10.3. The summed E-state index contributed by atoms with van der Waals surface area (Å²) in [5.41, 5.74) is 3.22. The molecule has 0 spiro atoms. The lowest BCUT2D eigenvalue weighted by Gasteiger charge is -2.07. The molecule has 5 heteroatoms. The Labute approximate surface area is 140 Å². The highest BCUT2D eigenvalue weighted by Crippen LogP contribution is 2.22. The van der Waals surface area contributed by atoms with E-state index < -0.39 is 0 Å². The van der Waals surface area contributed by atoms with Gasteiger partial charge in [-0.05, 0) is 41.5 Å². The summed E-state index contributed by atoms with van der Waals surface area (Å²) in [5, 5.41) is 3.76. The molecule has 0 aliphatic heterocycles. The molecule has 0 bridgehead atoms. The molecule has 2 aromatic heterocycles. The molecule has 0 fully saturated rings. The summed E-state index contributed by atoms with van der Waals surface area (Å²) in [6, 6.07) is 15.6. The average Bonchev–Trinajstić information content (AvgIpc) is 2.62. The van der Waals surface area contributed by atoms with Crippen LogP contribution in [0.5, 0.6) is 5.75 Å². The van der Waals surface area contributed by atoms with E-state index in [-0.39, 0.29) is 0 Å². The molecule has 0 saturated heterocycles. The van der Waals surface area contributed by atoms with Crippen LogP contribution >= 0.6 is 11.6 Å². The first-order valence-corrected chi connectivity index (χ1v) is 7.57. The van der Waals surface area contributed by atoms with Gasteiger partial charge in [-0.3, -0.25) is 0 Å². The van der Waals surface area contributed by atoms with E-state index in [1.807, 2.05) is 48.7 Å². The minimum atomic E-state index is 0.496. The minimum Gasteiger partial charge on any atom is -0.497 e. The third kappa shape index (κ3) is 3.99. The van der Waals surface area contributed by atoms with Crippen molar-refractivity contribution in [3.8, 4) is 16.9 Å². The standard InChI is InChI=1S/C18H16ClN3O/c1-23-16-6-3-14(4-7-16)15-5-9-18(22-12-15)21-11-13-2-8-17(19)20-10-13/h2-10,12H,11H2,1H3,(H,21,22). The van der Waals surface area contributed by atoms with Gasteiger partial charge >= 0.3 is 0 Å². The van der Waals surface area contributed by atoms with Crippen molar-refractivity contribution in [2.75, 3.05) is 12.4 Å². The Morgan fingerprint density at radius 1 is 0.913 bits per heavy atom. The van der Waals surface area contributed by atoms with E-state index in [9.17, 15) is 0 Å². The molecule has 116 valence electrons. The largest absolute Gasteiger partial charge is 0.497 e. The van der Waals surface area contributed by atoms with Gasteiger partial charge in [-0.25, -0.2) is 9.97 Å².